The standard InChI is InChI=1S/C44H34N4/c1-43(2)32-13-5-9-17-36(32)47(37-18-10-6-14-33(37)43)28-23-27-24-29(26-31-40(27)30(25-28)41-42(31)46-22-21-45-41)48-38-19-11-7-15-34(38)44(3,4)35-16-8-12-20-39(35)48/h5-26H,1-4H3. The van der Waals surface area contributed by atoms with Gasteiger partial charge in [-0.1, -0.05) is 100 Å². The van der Waals surface area contributed by atoms with Crippen molar-refractivity contribution in [3.8, 4) is 22.5 Å². The lowest BCUT2D eigenvalue weighted by Crippen LogP contribution is -2.30. The Morgan fingerprint density at radius 3 is 1.12 bits per heavy atom. The van der Waals surface area contributed by atoms with Crippen molar-refractivity contribution in [2.45, 2.75) is 38.5 Å². The molecule has 0 amide bonds. The molecule has 7 aromatic rings. The maximum atomic E-state index is 4.94. The zero-order chi connectivity index (χ0) is 32.4. The minimum Gasteiger partial charge on any atom is -0.310 e. The van der Waals surface area contributed by atoms with Crippen LogP contribution in [0.3, 0.4) is 0 Å². The molecule has 0 radical (unpaired) electrons. The quantitative estimate of drug-likeness (QED) is 0.193. The molecule has 0 N–H and O–H groups in total. The summed E-state index contributed by atoms with van der Waals surface area (Å²) < 4.78 is 0. The van der Waals surface area contributed by atoms with Crippen LogP contribution in [-0.4, -0.2) is 9.97 Å². The van der Waals surface area contributed by atoms with Gasteiger partial charge in [0.2, 0.25) is 0 Å². The number of anilines is 6. The van der Waals surface area contributed by atoms with Crippen LogP contribution in [0.1, 0.15) is 49.9 Å². The second-order valence-electron chi connectivity index (χ2n) is 14.3. The molecular weight excluding hydrogens is 585 g/mol. The van der Waals surface area contributed by atoms with Crippen molar-refractivity contribution in [1.29, 1.82) is 0 Å². The van der Waals surface area contributed by atoms with Crippen molar-refractivity contribution in [2.24, 2.45) is 0 Å². The molecule has 4 nitrogen and oxygen atoms in total. The second-order valence-corrected chi connectivity index (χ2v) is 14.3. The lowest BCUT2D eigenvalue weighted by atomic mass is 9.73. The smallest absolute Gasteiger partial charge is 0.0972 e. The first-order valence-electron chi connectivity index (χ1n) is 16.8. The van der Waals surface area contributed by atoms with E-state index in [2.05, 4.69) is 159 Å². The Hall–Kier alpha value is -5.74. The first-order valence-corrected chi connectivity index (χ1v) is 16.8. The molecule has 6 aromatic carbocycles. The van der Waals surface area contributed by atoms with Crippen LogP contribution in [0.15, 0.2) is 134 Å². The number of fused-ring (bicyclic) bond motifs is 7. The van der Waals surface area contributed by atoms with Gasteiger partial charge in [0.25, 0.3) is 0 Å². The summed E-state index contributed by atoms with van der Waals surface area (Å²) in [6.07, 6.45) is 3.63. The Morgan fingerprint density at radius 1 is 0.438 bits per heavy atom. The summed E-state index contributed by atoms with van der Waals surface area (Å²) >= 11 is 0. The SMILES string of the molecule is CC1(C)c2ccccc2N(c2cc3c4c(cc(N5c6ccccc6C(C)(C)c6ccccc65)cc4c2)-c2nccnc2-3)c2ccccc21. The number of rotatable bonds is 2. The van der Waals surface area contributed by atoms with Crippen molar-refractivity contribution >= 4 is 44.9 Å². The van der Waals surface area contributed by atoms with Crippen LogP contribution in [0.4, 0.5) is 34.1 Å². The van der Waals surface area contributed by atoms with E-state index in [0.717, 1.165) is 33.9 Å². The van der Waals surface area contributed by atoms with Gasteiger partial charge in [-0.2, -0.15) is 0 Å². The summed E-state index contributed by atoms with van der Waals surface area (Å²) in [6, 6.07) is 44.8. The topological polar surface area (TPSA) is 32.3 Å². The van der Waals surface area contributed by atoms with Crippen LogP contribution in [0, 0.1) is 0 Å². The molecule has 0 saturated carbocycles. The Kier molecular flexibility index (Phi) is 5.37. The van der Waals surface area contributed by atoms with E-state index >= 15 is 0 Å². The normalized spacial score (nSPS) is 15.8. The average molecular weight is 619 g/mol. The molecule has 230 valence electrons. The number of hydrogen-bond donors (Lipinski definition) is 0. The van der Waals surface area contributed by atoms with Crippen molar-refractivity contribution in [3.05, 3.63) is 156 Å². The van der Waals surface area contributed by atoms with Crippen LogP contribution in [0.5, 0.6) is 0 Å². The number of nitrogens with zero attached hydrogens (tertiary/aromatic N) is 4. The van der Waals surface area contributed by atoms with E-state index in [1.807, 2.05) is 12.4 Å². The maximum absolute atomic E-state index is 4.94. The molecule has 0 spiro atoms. The predicted molar refractivity (Wildman–Crippen MR) is 198 cm³/mol. The lowest BCUT2D eigenvalue weighted by Gasteiger charge is -2.42. The molecule has 0 bridgehead atoms. The Balaban J connectivity index is 1.27. The number of para-hydroxylation sites is 4. The molecule has 0 atom stereocenters. The third-order valence-corrected chi connectivity index (χ3v) is 11.0. The van der Waals surface area contributed by atoms with E-state index in [9.17, 15) is 0 Å². The third kappa shape index (κ3) is 3.49. The lowest BCUT2D eigenvalue weighted by molar-refractivity contribution is 0.632. The average Bonchev–Trinajstić information content (AvgIpc) is 3.43. The Labute approximate surface area is 281 Å². The largest absolute Gasteiger partial charge is 0.310 e. The highest BCUT2D eigenvalue weighted by Crippen LogP contribution is 2.57. The number of aromatic nitrogens is 2. The monoisotopic (exact) mass is 618 g/mol. The summed E-state index contributed by atoms with van der Waals surface area (Å²) in [6.45, 7) is 9.34. The fourth-order valence-electron chi connectivity index (χ4n) is 8.74. The fourth-order valence-corrected chi connectivity index (χ4v) is 8.74. The summed E-state index contributed by atoms with van der Waals surface area (Å²) in [5.74, 6) is 0. The van der Waals surface area contributed by atoms with Crippen molar-refractivity contribution in [3.63, 3.8) is 0 Å². The highest BCUT2D eigenvalue weighted by Gasteiger charge is 2.39. The van der Waals surface area contributed by atoms with Gasteiger partial charge in [0.15, 0.2) is 0 Å². The molecule has 0 saturated heterocycles. The minimum absolute atomic E-state index is 0.126. The summed E-state index contributed by atoms with van der Waals surface area (Å²) in [5, 5.41) is 2.39. The van der Waals surface area contributed by atoms with Crippen molar-refractivity contribution in [1.82, 2.24) is 9.97 Å². The van der Waals surface area contributed by atoms with Crippen LogP contribution in [0.2, 0.25) is 0 Å². The van der Waals surface area contributed by atoms with Gasteiger partial charge in [-0.15, -0.1) is 0 Å². The number of benzene rings is 6. The molecular formula is C44H34N4. The number of hydrogen-bond acceptors (Lipinski definition) is 4. The second kappa shape index (κ2) is 9.42. The molecule has 3 aliphatic rings. The molecule has 48 heavy (non-hydrogen) atoms. The molecule has 3 heterocycles. The van der Waals surface area contributed by atoms with E-state index < -0.39 is 0 Å². The maximum Gasteiger partial charge on any atom is 0.0972 e. The zero-order valence-corrected chi connectivity index (χ0v) is 27.5. The Morgan fingerprint density at radius 2 is 0.771 bits per heavy atom. The van der Waals surface area contributed by atoms with Gasteiger partial charge in [0, 0.05) is 51.1 Å². The molecule has 1 aromatic heterocycles. The minimum atomic E-state index is -0.126. The summed E-state index contributed by atoms with van der Waals surface area (Å²) in [5.41, 5.74) is 16.3. The van der Waals surface area contributed by atoms with Gasteiger partial charge < -0.3 is 9.80 Å². The molecule has 0 fully saturated rings. The Bertz CT molecular complexity index is 2220. The van der Waals surface area contributed by atoms with E-state index in [4.69, 9.17) is 9.97 Å². The highest BCUT2D eigenvalue weighted by molar-refractivity contribution is 6.16. The van der Waals surface area contributed by atoms with Gasteiger partial charge in [0.1, 0.15) is 0 Å². The van der Waals surface area contributed by atoms with E-state index in [1.54, 1.807) is 0 Å². The van der Waals surface area contributed by atoms with E-state index in [1.165, 1.54) is 55.8 Å². The van der Waals surface area contributed by atoms with Crippen LogP contribution < -0.4 is 9.80 Å². The molecule has 4 heteroatoms. The van der Waals surface area contributed by atoms with E-state index in [0.29, 0.717) is 0 Å². The van der Waals surface area contributed by atoms with Crippen LogP contribution in [-0.2, 0) is 10.8 Å². The van der Waals surface area contributed by atoms with Gasteiger partial charge >= 0.3 is 0 Å². The predicted octanol–water partition coefficient (Wildman–Crippen LogP) is 11.5. The molecule has 10 rings (SSSR count). The van der Waals surface area contributed by atoms with Crippen LogP contribution in [0.25, 0.3) is 33.3 Å². The van der Waals surface area contributed by atoms with E-state index in [-0.39, 0.29) is 10.8 Å². The first-order chi connectivity index (χ1) is 23.3. The van der Waals surface area contributed by atoms with Gasteiger partial charge in [0.05, 0.1) is 34.1 Å². The first kappa shape index (κ1) is 27.4. The molecule has 0 unspecified atom stereocenters. The molecule has 2 aliphatic heterocycles. The van der Waals surface area contributed by atoms with Crippen LogP contribution >= 0.6 is 0 Å². The van der Waals surface area contributed by atoms with Gasteiger partial charge in [-0.05, 0) is 76.2 Å². The zero-order valence-electron chi connectivity index (χ0n) is 27.5. The van der Waals surface area contributed by atoms with Gasteiger partial charge in [-0.25, -0.2) is 0 Å². The summed E-state index contributed by atoms with van der Waals surface area (Å²) in [4.78, 5) is 14.8. The van der Waals surface area contributed by atoms with Crippen molar-refractivity contribution < 1.29 is 0 Å². The molecule has 1 aliphatic carbocycles. The van der Waals surface area contributed by atoms with Crippen molar-refractivity contribution in [2.75, 3.05) is 9.80 Å². The van der Waals surface area contributed by atoms with Gasteiger partial charge in [-0.3, -0.25) is 9.97 Å². The third-order valence-electron chi connectivity index (χ3n) is 11.0. The highest BCUT2D eigenvalue weighted by atomic mass is 15.2. The fraction of sp³-hybridized carbons (Fsp3) is 0.136. The summed E-state index contributed by atoms with van der Waals surface area (Å²) in [7, 11) is 0.